The first-order valence-electron chi connectivity index (χ1n) is 7.04. The first-order chi connectivity index (χ1) is 10.0. The second-order valence-electron chi connectivity index (χ2n) is 5.40. The van der Waals surface area contributed by atoms with Crippen LogP contribution in [0, 0.1) is 13.8 Å². The third-order valence-corrected chi connectivity index (χ3v) is 3.44. The van der Waals surface area contributed by atoms with E-state index in [0.717, 1.165) is 23.5 Å². The summed E-state index contributed by atoms with van der Waals surface area (Å²) in [5.41, 5.74) is 3.61. The highest BCUT2D eigenvalue weighted by Crippen LogP contribution is 2.17. The Morgan fingerprint density at radius 3 is 2.67 bits per heavy atom. The number of nitrogens with zero attached hydrogens (tertiary/aromatic N) is 3. The van der Waals surface area contributed by atoms with Gasteiger partial charge in [0.05, 0.1) is 23.1 Å². The molecule has 5 nitrogen and oxygen atoms in total. The SMILES string of the molecule is Cc1ccccc1-n1ncc(C(=O)NCCN(C)C)c1C. The van der Waals surface area contributed by atoms with Crippen molar-refractivity contribution in [3.8, 4) is 5.69 Å². The third-order valence-electron chi connectivity index (χ3n) is 3.44. The van der Waals surface area contributed by atoms with Crippen LogP contribution in [0.4, 0.5) is 0 Å². The molecule has 0 radical (unpaired) electrons. The van der Waals surface area contributed by atoms with Gasteiger partial charge in [-0.2, -0.15) is 5.10 Å². The van der Waals surface area contributed by atoms with Gasteiger partial charge in [0.15, 0.2) is 0 Å². The third kappa shape index (κ3) is 3.49. The van der Waals surface area contributed by atoms with Crippen molar-refractivity contribution in [1.29, 1.82) is 0 Å². The van der Waals surface area contributed by atoms with Crippen LogP contribution in [0.3, 0.4) is 0 Å². The zero-order valence-corrected chi connectivity index (χ0v) is 13.1. The van der Waals surface area contributed by atoms with Gasteiger partial charge in [-0.25, -0.2) is 4.68 Å². The molecule has 0 aliphatic heterocycles. The van der Waals surface area contributed by atoms with Crippen molar-refractivity contribution in [2.24, 2.45) is 0 Å². The summed E-state index contributed by atoms with van der Waals surface area (Å²) >= 11 is 0. The number of hydrogen-bond donors (Lipinski definition) is 1. The fourth-order valence-electron chi connectivity index (χ4n) is 2.16. The molecular weight excluding hydrogens is 264 g/mol. The zero-order chi connectivity index (χ0) is 15.4. The molecule has 0 unspecified atom stereocenters. The molecule has 0 aliphatic rings. The maximum atomic E-state index is 12.2. The maximum Gasteiger partial charge on any atom is 0.254 e. The molecule has 5 heteroatoms. The number of hydrogen-bond acceptors (Lipinski definition) is 3. The fraction of sp³-hybridized carbons (Fsp3) is 0.375. The van der Waals surface area contributed by atoms with Crippen LogP contribution in [0.2, 0.25) is 0 Å². The minimum Gasteiger partial charge on any atom is -0.351 e. The van der Waals surface area contributed by atoms with Crippen molar-refractivity contribution < 1.29 is 4.79 Å². The van der Waals surface area contributed by atoms with Crippen LogP contribution >= 0.6 is 0 Å². The Kier molecular flexibility index (Phi) is 4.75. The van der Waals surface area contributed by atoms with Crippen LogP contribution < -0.4 is 5.32 Å². The van der Waals surface area contributed by atoms with Crippen molar-refractivity contribution in [3.05, 3.63) is 47.3 Å². The number of rotatable bonds is 5. The molecular formula is C16H22N4O. The van der Waals surface area contributed by atoms with Crippen LogP contribution in [-0.4, -0.2) is 47.8 Å². The first kappa shape index (κ1) is 15.3. The van der Waals surface area contributed by atoms with Gasteiger partial charge in [-0.1, -0.05) is 18.2 Å². The maximum absolute atomic E-state index is 12.2. The van der Waals surface area contributed by atoms with E-state index in [4.69, 9.17) is 0 Å². The van der Waals surface area contributed by atoms with Crippen LogP contribution in [0.25, 0.3) is 5.69 Å². The molecule has 0 saturated carbocycles. The molecule has 0 aliphatic carbocycles. The van der Waals surface area contributed by atoms with Crippen molar-refractivity contribution in [2.75, 3.05) is 27.2 Å². The lowest BCUT2D eigenvalue weighted by atomic mass is 10.2. The molecule has 1 N–H and O–H groups in total. The second kappa shape index (κ2) is 6.54. The molecule has 0 spiro atoms. The first-order valence-corrected chi connectivity index (χ1v) is 7.04. The van der Waals surface area contributed by atoms with E-state index in [0.29, 0.717) is 12.1 Å². The van der Waals surface area contributed by atoms with Gasteiger partial charge in [-0.05, 0) is 39.6 Å². The summed E-state index contributed by atoms with van der Waals surface area (Å²) in [4.78, 5) is 14.2. The van der Waals surface area contributed by atoms with Crippen molar-refractivity contribution in [2.45, 2.75) is 13.8 Å². The summed E-state index contributed by atoms with van der Waals surface area (Å²) in [5, 5.41) is 7.27. The van der Waals surface area contributed by atoms with Gasteiger partial charge in [-0.15, -0.1) is 0 Å². The van der Waals surface area contributed by atoms with E-state index in [-0.39, 0.29) is 5.91 Å². The van der Waals surface area contributed by atoms with Crippen LogP contribution in [0.5, 0.6) is 0 Å². The highest BCUT2D eigenvalue weighted by Gasteiger charge is 2.15. The van der Waals surface area contributed by atoms with Gasteiger partial charge < -0.3 is 10.2 Å². The highest BCUT2D eigenvalue weighted by atomic mass is 16.1. The molecule has 1 heterocycles. The van der Waals surface area contributed by atoms with Crippen LogP contribution in [0.1, 0.15) is 21.6 Å². The van der Waals surface area contributed by atoms with E-state index < -0.39 is 0 Å². The summed E-state index contributed by atoms with van der Waals surface area (Å²) in [5.74, 6) is -0.0748. The van der Waals surface area contributed by atoms with Gasteiger partial charge in [0.1, 0.15) is 0 Å². The van der Waals surface area contributed by atoms with Gasteiger partial charge >= 0.3 is 0 Å². The number of para-hydroxylation sites is 1. The van der Waals surface area contributed by atoms with E-state index in [1.807, 2.05) is 61.8 Å². The Labute approximate surface area is 125 Å². The van der Waals surface area contributed by atoms with E-state index >= 15 is 0 Å². The Morgan fingerprint density at radius 2 is 2.00 bits per heavy atom. The number of aromatic nitrogens is 2. The number of carbonyl (C=O) groups excluding carboxylic acids is 1. The number of benzene rings is 1. The molecule has 0 saturated heterocycles. The molecule has 1 aromatic carbocycles. The van der Waals surface area contributed by atoms with E-state index in [2.05, 4.69) is 10.4 Å². The molecule has 112 valence electrons. The molecule has 1 amide bonds. The number of aryl methyl sites for hydroxylation is 1. The summed E-state index contributed by atoms with van der Waals surface area (Å²) in [7, 11) is 3.96. The monoisotopic (exact) mass is 286 g/mol. The topological polar surface area (TPSA) is 50.2 Å². The Morgan fingerprint density at radius 1 is 1.29 bits per heavy atom. The molecule has 0 atom stereocenters. The Bertz CT molecular complexity index is 631. The molecule has 2 aromatic rings. The van der Waals surface area contributed by atoms with Crippen molar-refractivity contribution in [3.63, 3.8) is 0 Å². The van der Waals surface area contributed by atoms with Crippen LogP contribution in [-0.2, 0) is 0 Å². The predicted octanol–water partition coefficient (Wildman–Crippen LogP) is 1.78. The summed E-state index contributed by atoms with van der Waals surface area (Å²) in [6.45, 7) is 5.39. The van der Waals surface area contributed by atoms with E-state index in [1.165, 1.54) is 0 Å². The molecule has 21 heavy (non-hydrogen) atoms. The molecule has 0 bridgehead atoms. The number of carbonyl (C=O) groups is 1. The van der Waals surface area contributed by atoms with Crippen LogP contribution in [0.15, 0.2) is 30.5 Å². The van der Waals surface area contributed by atoms with Crippen molar-refractivity contribution in [1.82, 2.24) is 20.0 Å². The predicted molar refractivity (Wildman–Crippen MR) is 83.9 cm³/mol. The second-order valence-corrected chi connectivity index (χ2v) is 5.40. The highest BCUT2D eigenvalue weighted by molar-refractivity contribution is 5.95. The van der Waals surface area contributed by atoms with Crippen molar-refractivity contribution >= 4 is 5.91 Å². The normalized spacial score (nSPS) is 10.9. The Balaban J connectivity index is 2.17. The standard InChI is InChI=1S/C16H22N4O/c1-12-7-5-6-8-15(12)20-13(2)14(11-18-20)16(21)17-9-10-19(3)4/h5-8,11H,9-10H2,1-4H3,(H,17,21). The number of nitrogens with one attached hydrogen (secondary N) is 1. The largest absolute Gasteiger partial charge is 0.351 e. The smallest absolute Gasteiger partial charge is 0.254 e. The quantitative estimate of drug-likeness (QED) is 0.911. The minimum absolute atomic E-state index is 0.0748. The summed E-state index contributed by atoms with van der Waals surface area (Å²) in [6, 6.07) is 8.00. The average molecular weight is 286 g/mol. The average Bonchev–Trinajstić information content (AvgIpc) is 2.80. The molecule has 1 aromatic heterocycles. The zero-order valence-electron chi connectivity index (χ0n) is 13.1. The molecule has 2 rings (SSSR count). The minimum atomic E-state index is -0.0748. The van der Waals surface area contributed by atoms with E-state index in [9.17, 15) is 4.79 Å². The summed E-state index contributed by atoms with van der Waals surface area (Å²) in [6.07, 6.45) is 1.63. The number of likely N-dealkylation sites (N-methyl/N-ethyl adjacent to an activating group) is 1. The Hall–Kier alpha value is -2.14. The van der Waals surface area contributed by atoms with Gasteiger partial charge in [0.2, 0.25) is 0 Å². The van der Waals surface area contributed by atoms with E-state index in [1.54, 1.807) is 6.20 Å². The van der Waals surface area contributed by atoms with Gasteiger partial charge in [-0.3, -0.25) is 4.79 Å². The lowest BCUT2D eigenvalue weighted by Gasteiger charge is -2.11. The van der Waals surface area contributed by atoms with Gasteiger partial charge in [0.25, 0.3) is 5.91 Å². The lowest BCUT2D eigenvalue weighted by molar-refractivity contribution is 0.0950. The lowest BCUT2D eigenvalue weighted by Crippen LogP contribution is -2.31. The van der Waals surface area contributed by atoms with Gasteiger partial charge in [0, 0.05) is 13.1 Å². The molecule has 0 fully saturated rings. The summed E-state index contributed by atoms with van der Waals surface area (Å²) < 4.78 is 1.82. The fourth-order valence-corrected chi connectivity index (χ4v) is 2.16. The number of amides is 1.